The summed E-state index contributed by atoms with van der Waals surface area (Å²) in [6.45, 7) is 7.64. The van der Waals surface area contributed by atoms with Crippen molar-refractivity contribution in [3.05, 3.63) is 22.4 Å². The lowest BCUT2D eigenvalue weighted by molar-refractivity contribution is 0.0758. The van der Waals surface area contributed by atoms with Crippen molar-refractivity contribution in [1.29, 1.82) is 0 Å². The molecule has 0 spiro atoms. The molecule has 0 aliphatic heterocycles. The van der Waals surface area contributed by atoms with Gasteiger partial charge in [-0.15, -0.1) is 11.3 Å². The summed E-state index contributed by atoms with van der Waals surface area (Å²) >= 11 is 1.86. The van der Waals surface area contributed by atoms with Crippen LogP contribution in [0.25, 0.3) is 0 Å². The van der Waals surface area contributed by atoms with E-state index in [1.165, 1.54) is 37.0 Å². The molecule has 1 aliphatic rings. The van der Waals surface area contributed by atoms with Gasteiger partial charge in [0, 0.05) is 23.5 Å². The first-order valence-corrected chi connectivity index (χ1v) is 8.55. The summed E-state index contributed by atoms with van der Waals surface area (Å²) in [4.78, 5) is 4.10. The van der Waals surface area contributed by atoms with Gasteiger partial charge in [-0.25, -0.2) is 0 Å². The fourth-order valence-corrected chi connectivity index (χ4v) is 4.14. The zero-order chi connectivity index (χ0) is 13.7. The van der Waals surface area contributed by atoms with Gasteiger partial charge < -0.3 is 5.73 Å². The molecule has 1 fully saturated rings. The molecule has 3 heteroatoms. The molecule has 2 unspecified atom stereocenters. The van der Waals surface area contributed by atoms with Crippen molar-refractivity contribution in [1.82, 2.24) is 4.90 Å². The average molecular weight is 280 g/mol. The summed E-state index contributed by atoms with van der Waals surface area (Å²) in [5, 5.41) is 2.17. The van der Waals surface area contributed by atoms with Gasteiger partial charge in [0.05, 0.1) is 0 Å². The minimum Gasteiger partial charge on any atom is -0.329 e. The molecule has 0 aromatic carbocycles. The third-order valence-corrected chi connectivity index (χ3v) is 5.66. The highest BCUT2D eigenvalue weighted by Gasteiger charge is 2.36. The largest absolute Gasteiger partial charge is 0.329 e. The van der Waals surface area contributed by atoms with E-state index in [0.29, 0.717) is 0 Å². The monoisotopic (exact) mass is 280 g/mol. The smallest absolute Gasteiger partial charge is 0.0335 e. The Labute approximate surface area is 122 Å². The lowest BCUT2D eigenvalue weighted by Gasteiger charge is -2.42. The number of nitrogens with two attached hydrogens (primary N) is 1. The molecule has 2 N–H and O–H groups in total. The van der Waals surface area contributed by atoms with Crippen molar-refractivity contribution in [2.75, 3.05) is 13.1 Å². The van der Waals surface area contributed by atoms with Gasteiger partial charge >= 0.3 is 0 Å². The molecule has 1 aromatic heterocycles. The van der Waals surface area contributed by atoms with Crippen LogP contribution >= 0.6 is 11.3 Å². The molecule has 1 saturated carbocycles. The van der Waals surface area contributed by atoms with Crippen LogP contribution < -0.4 is 5.73 Å². The Kier molecular flexibility index (Phi) is 5.43. The summed E-state index contributed by atoms with van der Waals surface area (Å²) in [5.41, 5.74) is 6.46. The lowest BCUT2D eigenvalue weighted by Crippen LogP contribution is -2.53. The summed E-state index contributed by atoms with van der Waals surface area (Å²) in [6, 6.07) is 4.40. The normalized spacial score (nSPS) is 28.5. The maximum absolute atomic E-state index is 6.22. The van der Waals surface area contributed by atoms with E-state index in [9.17, 15) is 0 Å². The predicted molar refractivity (Wildman–Crippen MR) is 84.4 cm³/mol. The lowest BCUT2D eigenvalue weighted by atomic mass is 9.87. The van der Waals surface area contributed by atoms with E-state index in [1.54, 1.807) is 0 Å². The minimum atomic E-state index is 0.240. The van der Waals surface area contributed by atoms with Crippen LogP contribution in [0.2, 0.25) is 0 Å². The Morgan fingerprint density at radius 2 is 2.26 bits per heavy atom. The number of rotatable bonds is 5. The Morgan fingerprint density at radius 3 is 2.89 bits per heavy atom. The van der Waals surface area contributed by atoms with Gasteiger partial charge in [-0.2, -0.15) is 0 Å². The maximum atomic E-state index is 6.22. The van der Waals surface area contributed by atoms with E-state index in [4.69, 9.17) is 5.73 Å². The molecule has 1 heterocycles. The predicted octanol–water partition coefficient (Wildman–Crippen LogP) is 3.87. The topological polar surface area (TPSA) is 29.3 Å². The maximum Gasteiger partial charge on any atom is 0.0335 e. The second kappa shape index (κ2) is 6.87. The highest BCUT2D eigenvalue weighted by atomic mass is 32.1. The first-order chi connectivity index (χ1) is 9.20. The van der Waals surface area contributed by atoms with Crippen molar-refractivity contribution >= 4 is 11.3 Å². The molecule has 2 rings (SSSR count). The minimum absolute atomic E-state index is 0.240. The van der Waals surface area contributed by atoms with E-state index in [0.717, 1.165) is 25.6 Å². The van der Waals surface area contributed by atoms with E-state index in [2.05, 4.69) is 36.3 Å². The van der Waals surface area contributed by atoms with Gasteiger partial charge in [-0.3, -0.25) is 4.90 Å². The fourth-order valence-electron chi connectivity index (χ4n) is 3.42. The third-order valence-electron chi connectivity index (χ3n) is 4.80. The van der Waals surface area contributed by atoms with Crippen molar-refractivity contribution in [2.24, 2.45) is 11.7 Å². The second-order valence-corrected chi connectivity index (χ2v) is 7.09. The molecule has 0 saturated heterocycles. The van der Waals surface area contributed by atoms with Crippen LogP contribution in [0.1, 0.15) is 50.8 Å². The Morgan fingerprint density at radius 1 is 1.42 bits per heavy atom. The van der Waals surface area contributed by atoms with Crippen LogP contribution in [0.15, 0.2) is 17.5 Å². The number of hydrogen-bond donors (Lipinski definition) is 1. The van der Waals surface area contributed by atoms with E-state index in [1.807, 2.05) is 11.3 Å². The molecule has 2 nitrogen and oxygen atoms in total. The Hall–Kier alpha value is -0.380. The second-order valence-electron chi connectivity index (χ2n) is 6.06. The van der Waals surface area contributed by atoms with Crippen molar-refractivity contribution < 1.29 is 0 Å². The highest BCUT2D eigenvalue weighted by Crippen LogP contribution is 2.35. The molecule has 0 bridgehead atoms. The van der Waals surface area contributed by atoms with Crippen LogP contribution in [-0.2, 0) is 6.54 Å². The molecule has 1 aliphatic carbocycles. The molecular weight excluding hydrogens is 252 g/mol. The molecule has 0 radical (unpaired) electrons. The zero-order valence-electron chi connectivity index (χ0n) is 12.4. The molecule has 1 aromatic rings. The standard InChI is InChI=1S/C16H28N2S/c1-3-18(12-15-7-5-11-19-15)16(13-17)9-4-6-14(2)8-10-16/h5,7,11,14H,3-4,6,8-10,12-13,17H2,1-2H3. The number of likely N-dealkylation sites (N-methyl/N-ethyl adjacent to an activating group) is 1. The Balaban J connectivity index is 2.12. The summed E-state index contributed by atoms with van der Waals surface area (Å²) in [6.07, 6.45) is 6.58. The van der Waals surface area contributed by atoms with E-state index < -0.39 is 0 Å². The van der Waals surface area contributed by atoms with Gasteiger partial charge in [0.25, 0.3) is 0 Å². The van der Waals surface area contributed by atoms with Crippen molar-refractivity contribution in [3.8, 4) is 0 Å². The van der Waals surface area contributed by atoms with Crippen molar-refractivity contribution in [3.63, 3.8) is 0 Å². The zero-order valence-corrected chi connectivity index (χ0v) is 13.2. The Bertz CT molecular complexity index is 363. The van der Waals surface area contributed by atoms with Gasteiger partial charge in [0.15, 0.2) is 0 Å². The van der Waals surface area contributed by atoms with Crippen LogP contribution in [-0.4, -0.2) is 23.5 Å². The third kappa shape index (κ3) is 3.59. The first-order valence-electron chi connectivity index (χ1n) is 7.67. The highest BCUT2D eigenvalue weighted by molar-refractivity contribution is 7.09. The number of nitrogens with zero attached hydrogens (tertiary/aromatic N) is 1. The van der Waals surface area contributed by atoms with Crippen LogP contribution in [0, 0.1) is 5.92 Å². The summed E-state index contributed by atoms with van der Waals surface area (Å²) in [5.74, 6) is 0.869. The van der Waals surface area contributed by atoms with Gasteiger partial charge in [-0.05, 0) is 43.2 Å². The number of hydrogen-bond acceptors (Lipinski definition) is 3. The van der Waals surface area contributed by atoms with E-state index in [-0.39, 0.29) is 5.54 Å². The van der Waals surface area contributed by atoms with Crippen LogP contribution in [0.4, 0.5) is 0 Å². The van der Waals surface area contributed by atoms with Gasteiger partial charge in [-0.1, -0.05) is 32.8 Å². The van der Waals surface area contributed by atoms with Crippen molar-refractivity contribution in [2.45, 2.75) is 58.0 Å². The molecular formula is C16H28N2S. The molecule has 19 heavy (non-hydrogen) atoms. The first kappa shape index (κ1) is 15.0. The SMILES string of the molecule is CCN(Cc1cccs1)C1(CN)CCCC(C)CC1. The quantitative estimate of drug-likeness (QED) is 0.830. The van der Waals surface area contributed by atoms with E-state index >= 15 is 0 Å². The van der Waals surface area contributed by atoms with Crippen LogP contribution in [0.3, 0.4) is 0 Å². The molecule has 108 valence electrons. The summed E-state index contributed by atoms with van der Waals surface area (Å²) in [7, 11) is 0. The summed E-state index contributed by atoms with van der Waals surface area (Å²) < 4.78 is 0. The number of thiophene rings is 1. The molecule has 2 atom stereocenters. The van der Waals surface area contributed by atoms with Crippen LogP contribution in [0.5, 0.6) is 0 Å². The van der Waals surface area contributed by atoms with Gasteiger partial charge in [0.2, 0.25) is 0 Å². The average Bonchev–Trinajstić information content (AvgIpc) is 2.86. The molecule has 0 amide bonds. The fraction of sp³-hybridized carbons (Fsp3) is 0.750. The van der Waals surface area contributed by atoms with Gasteiger partial charge in [0.1, 0.15) is 0 Å².